The SMILES string of the molecule is C#CC(=O)NC(C)(C1CC1)C1CC1. The highest BCUT2D eigenvalue weighted by Gasteiger charge is 2.51. The number of carbonyl (C=O) groups is 1. The van der Waals surface area contributed by atoms with Crippen LogP contribution >= 0.6 is 0 Å². The standard InChI is InChI=1S/C11H15NO/c1-3-10(13)12-11(2,8-4-5-8)9-6-7-9/h1,8-9H,4-7H2,2H3,(H,12,13). The highest BCUT2D eigenvalue weighted by molar-refractivity contribution is 5.93. The molecule has 0 aliphatic heterocycles. The van der Waals surface area contributed by atoms with E-state index >= 15 is 0 Å². The number of carbonyl (C=O) groups excluding carboxylic acids is 1. The van der Waals surface area contributed by atoms with Crippen molar-refractivity contribution in [3.05, 3.63) is 0 Å². The maximum Gasteiger partial charge on any atom is 0.296 e. The van der Waals surface area contributed by atoms with Gasteiger partial charge in [0.1, 0.15) is 0 Å². The van der Waals surface area contributed by atoms with Crippen molar-refractivity contribution in [1.29, 1.82) is 0 Å². The van der Waals surface area contributed by atoms with Crippen LogP contribution in [0.25, 0.3) is 0 Å². The second-order valence-electron chi connectivity index (χ2n) is 4.43. The number of hydrogen-bond acceptors (Lipinski definition) is 1. The van der Waals surface area contributed by atoms with Crippen molar-refractivity contribution in [3.8, 4) is 12.3 Å². The molecular weight excluding hydrogens is 162 g/mol. The Morgan fingerprint density at radius 3 is 2.15 bits per heavy atom. The van der Waals surface area contributed by atoms with E-state index in [4.69, 9.17) is 6.42 Å². The van der Waals surface area contributed by atoms with Crippen molar-refractivity contribution in [2.24, 2.45) is 11.8 Å². The van der Waals surface area contributed by atoms with E-state index in [-0.39, 0.29) is 11.4 Å². The van der Waals surface area contributed by atoms with E-state index in [0.29, 0.717) is 11.8 Å². The smallest absolute Gasteiger partial charge is 0.296 e. The van der Waals surface area contributed by atoms with Crippen molar-refractivity contribution < 1.29 is 4.79 Å². The molecule has 1 amide bonds. The van der Waals surface area contributed by atoms with Crippen LogP contribution in [-0.4, -0.2) is 11.4 Å². The van der Waals surface area contributed by atoms with Gasteiger partial charge < -0.3 is 5.32 Å². The zero-order chi connectivity index (χ0) is 9.47. The molecule has 0 saturated heterocycles. The van der Waals surface area contributed by atoms with E-state index in [0.717, 1.165) is 0 Å². The van der Waals surface area contributed by atoms with Crippen molar-refractivity contribution in [3.63, 3.8) is 0 Å². The van der Waals surface area contributed by atoms with Gasteiger partial charge in [0.25, 0.3) is 5.91 Å². The zero-order valence-corrected chi connectivity index (χ0v) is 7.97. The van der Waals surface area contributed by atoms with Gasteiger partial charge in [-0.2, -0.15) is 0 Å². The number of amides is 1. The first-order valence-electron chi connectivity index (χ1n) is 4.95. The molecule has 0 radical (unpaired) electrons. The minimum absolute atomic E-state index is 0.00343. The molecule has 2 aliphatic rings. The summed E-state index contributed by atoms with van der Waals surface area (Å²) >= 11 is 0. The number of rotatable bonds is 3. The molecule has 13 heavy (non-hydrogen) atoms. The second kappa shape index (κ2) is 2.77. The molecule has 2 heteroatoms. The monoisotopic (exact) mass is 177 g/mol. The van der Waals surface area contributed by atoms with Crippen molar-refractivity contribution >= 4 is 5.91 Å². The van der Waals surface area contributed by atoms with Crippen LogP contribution in [-0.2, 0) is 4.79 Å². The summed E-state index contributed by atoms with van der Waals surface area (Å²) in [6, 6.07) is 0. The fourth-order valence-corrected chi connectivity index (χ4v) is 2.18. The molecule has 1 N–H and O–H groups in total. The molecule has 0 spiro atoms. The van der Waals surface area contributed by atoms with E-state index in [1.165, 1.54) is 25.7 Å². The molecule has 2 saturated carbocycles. The Morgan fingerprint density at radius 2 is 1.85 bits per heavy atom. The van der Waals surface area contributed by atoms with E-state index in [9.17, 15) is 4.79 Å². The maximum atomic E-state index is 11.1. The van der Waals surface area contributed by atoms with Gasteiger partial charge >= 0.3 is 0 Å². The topological polar surface area (TPSA) is 29.1 Å². The first-order chi connectivity index (χ1) is 6.16. The molecular formula is C11H15NO. The van der Waals surface area contributed by atoms with Gasteiger partial charge in [0, 0.05) is 5.54 Å². The second-order valence-corrected chi connectivity index (χ2v) is 4.43. The summed E-state index contributed by atoms with van der Waals surface area (Å²) in [6.45, 7) is 2.15. The van der Waals surface area contributed by atoms with Gasteiger partial charge in [-0.25, -0.2) is 0 Å². The highest BCUT2D eigenvalue weighted by atomic mass is 16.1. The fraction of sp³-hybridized carbons (Fsp3) is 0.727. The van der Waals surface area contributed by atoms with E-state index in [1.54, 1.807) is 0 Å². The quantitative estimate of drug-likeness (QED) is 0.647. The fourth-order valence-electron chi connectivity index (χ4n) is 2.18. The Labute approximate surface area is 79.1 Å². The molecule has 0 aromatic rings. The predicted molar refractivity (Wildman–Crippen MR) is 50.8 cm³/mol. The van der Waals surface area contributed by atoms with Crippen LogP contribution in [0.2, 0.25) is 0 Å². The Morgan fingerprint density at radius 1 is 1.38 bits per heavy atom. The number of terminal acetylenes is 1. The van der Waals surface area contributed by atoms with Gasteiger partial charge in [-0.05, 0) is 50.4 Å². The lowest BCUT2D eigenvalue weighted by Crippen LogP contribution is -2.49. The Balaban J connectivity index is 2.04. The molecule has 0 aromatic carbocycles. The largest absolute Gasteiger partial charge is 0.340 e. The maximum absolute atomic E-state index is 11.1. The zero-order valence-electron chi connectivity index (χ0n) is 7.97. The van der Waals surface area contributed by atoms with Crippen LogP contribution in [0.15, 0.2) is 0 Å². The lowest BCUT2D eigenvalue weighted by Gasteiger charge is -2.30. The van der Waals surface area contributed by atoms with Crippen LogP contribution in [0.4, 0.5) is 0 Å². The van der Waals surface area contributed by atoms with Crippen molar-refractivity contribution in [2.75, 3.05) is 0 Å². The highest BCUT2D eigenvalue weighted by Crippen LogP contribution is 2.51. The summed E-state index contributed by atoms with van der Waals surface area (Å²) in [6.07, 6.45) is 10.0. The van der Waals surface area contributed by atoms with Gasteiger partial charge in [0.15, 0.2) is 0 Å². The predicted octanol–water partition coefficient (Wildman–Crippen LogP) is 1.31. The lowest BCUT2D eigenvalue weighted by atomic mass is 9.90. The van der Waals surface area contributed by atoms with Crippen LogP contribution in [0.5, 0.6) is 0 Å². The van der Waals surface area contributed by atoms with Crippen LogP contribution in [0.1, 0.15) is 32.6 Å². The van der Waals surface area contributed by atoms with Crippen LogP contribution in [0.3, 0.4) is 0 Å². The Kier molecular flexibility index (Phi) is 1.83. The normalized spacial score (nSPS) is 22.2. The average molecular weight is 177 g/mol. The van der Waals surface area contributed by atoms with Gasteiger partial charge in [-0.1, -0.05) is 0 Å². The lowest BCUT2D eigenvalue weighted by molar-refractivity contribution is -0.117. The third-order valence-electron chi connectivity index (χ3n) is 3.36. The van der Waals surface area contributed by atoms with Gasteiger partial charge in [0.2, 0.25) is 0 Å². The molecule has 0 atom stereocenters. The van der Waals surface area contributed by atoms with Gasteiger partial charge in [-0.3, -0.25) is 4.79 Å². The first kappa shape index (κ1) is 8.62. The molecule has 0 bridgehead atoms. The summed E-state index contributed by atoms with van der Waals surface area (Å²) in [5.74, 6) is 3.24. The average Bonchev–Trinajstić information content (AvgIpc) is 2.89. The molecule has 2 nitrogen and oxygen atoms in total. The summed E-state index contributed by atoms with van der Waals surface area (Å²) in [7, 11) is 0. The summed E-state index contributed by atoms with van der Waals surface area (Å²) < 4.78 is 0. The molecule has 2 fully saturated rings. The van der Waals surface area contributed by atoms with E-state index < -0.39 is 0 Å². The van der Waals surface area contributed by atoms with Crippen molar-refractivity contribution in [2.45, 2.75) is 38.1 Å². The van der Waals surface area contributed by atoms with Gasteiger partial charge in [-0.15, -0.1) is 6.42 Å². The van der Waals surface area contributed by atoms with Crippen LogP contribution < -0.4 is 5.32 Å². The third kappa shape index (κ3) is 1.56. The summed E-state index contributed by atoms with van der Waals surface area (Å²) in [5.41, 5.74) is 0.00343. The molecule has 70 valence electrons. The minimum atomic E-state index is -0.249. The first-order valence-corrected chi connectivity index (χ1v) is 4.95. The molecule has 2 aliphatic carbocycles. The Bertz CT molecular complexity index is 256. The summed E-state index contributed by atoms with van der Waals surface area (Å²) in [5, 5.41) is 2.99. The molecule has 0 aromatic heterocycles. The summed E-state index contributed by atoms with van der Waals surface area (Å²) in [4.78, 5) is 11.1. The number of nitrogens with one attached hydrogen (secondary N) is 1. The molecule has 2 rings (SSSR count). The van der Waals surface area contributed by atoms with Crippen LogP contribution in [0, 0.1) is 24.2 Å². The van der Waals surface area contributed by atoms with E-state index in [1.807, 2.05) is 0 Å². The van der Waals surface area contributed by atoms with E-state index in [2.05, 4.69) is 18.2 Å². The van der Waals surface area contributed by atoms with Crippen molar-refractivity contribution in [1.82, 2.24) is 5.32 Å². The number of hydrogen-bond donors (Lipinski definition) is 1. The molecule has 0 heterocycles. The third-order valence-corrected chi connectivity index (χ3v) is 3.36. The Hall–Kier alpha value is -0.970. The molecule has 0 unspecified atom stereocenters. The van der Waals surface area contributed by atoms with Gasteiger partial charge in [0.05, 0.1) is 0 Å². The minimum Gasteiger partial charge on any atom is -0.340 e.